The zero-order valence-electron chi connectivity index (χ0n) is 9.40. The van der Waals surface area contributed by atoms with Crippen molar-refractivity contribution in [1.29, 1.82) is 0 Å². The maximum atomic E-state index is 9.32. The van der Waals surface area contributed by atoms with Crippen LogP contribution < -0.4 is 0 Å². The Bertz CT molecular complexity index is 143. The highest BCUT2D eigenvalue weighted by molar-refractivity contribution is 6.77. The van der Waals surface area contributed by atoms with Gasteiger partial charge in [-0.05, 0) is 0 Å². The van der Waals surface area contributed by atoms with Crippen molar-refractivity contribution in [3.05, 3.63) is 0 Å². The van der Waals surface area contributed by atoms with Crippen molar-refractivity contribution < 1.29 is 15.3 Å². The van der Waals surface area contributed by atoms with Crippen molar-refractivity contribution in [2.45, 2.75) is 25.3 Å². The summed E-state index contributed by atoms with van der Waals surface area (Å²) in [5.74, 6) is 0. The van der Waals surface area contributed by atoms with Crippen molar-refractivity contribution in [2.24, 2.45) is 0 Å². The van der Waals surface area contributed by atoms with Gasteiger partial charge in [-0.25, -0.2) is 0 Å². The average Bonchev–Trinajstić information content (AvgIpc) is 2.03. The van der Waals surface area contributed by atoms with Gasteiger partial charge >= 0.3 is 0 Å². The van der Waals surface area contributed by atoms with Crippen LogP contribution in [0.3, 0.4) is 0 Å². The molecule has 3 N–H and O–H groups in total. The molecule has 0 aromatic heterocycles. The van der Waals surface area contributed by atoms with E-state index in [1.165, 1.54) is 0 Å². The summed E-state index contributed by atoms with van der Waals surface area (Å²) in [5.41, 5.74) is 0.113. The van der Waals surface area contributed by atoms with E-state index in [0.717, 1.165) is 0 Å². The highest BCUT2D eigenvalue weighted by atomic mass is 28.3. The molecule has 0 aromatic carbocycles. The largest absolute Gasteiger partial charge is 0.395 e. The van der Waals surface area contributed by atoms with Crippen LogP contribution in [-0.4, -0.2) is 66.9 Å². The maximum Gasteiger partial charge on any atom is 0.0668 e. The third kappa shape index (κ3) is 4.52. The van der Waals surface area contributed by atoms with Crippen molar-refractivity contribution in [2.75, 3.05) is 32.9 Å². The predicted molar refractivity (Wildman–Crippen MR) is 60.0 cm³/mol. The van der Waals surface area contributed by atoms with Gasteiger partial charge in [0.2, 0.25) is 0 Å². The van der Waals surface area contributed by atoms with Gasteiger partial charge in [0.15, 0.2) is 0 Å². The second kappa shape index (κ2) is 6.52. The molecule has 0 heterocycles. The number of nitrogens with zero attached hydrogens (tertiary/aromatic N) is 1. The fourth-order valence-electron chi connectivity index (χ4n) is 1.62. The molecule has 1 unspecified atom stereocenters. The first-order valence-corrected chi connectivity index (χ1v) is 8.61. The van der Waals surface area contributed by atoms with Crippen LogP contribution in [0.25, 0.3) is 0 Å². The van der Waals surface area contributed by atoms with Gasteiger partial charge in [-0.3, -0.25) is 4.90 Å². The second-order valence-electron chi connectivity index (χ2n) is 4.55. The molecule has 0 bridgehead atoms. The van der Waals surface area contributed by atoms with Crippen LogP contribution >= 0.6 is 0 Å². The fourth-order valence-corrected chi connectivity index (χ4v) is 3.52. The Morgan fingerprint density at radius 1 is 1.00 bits per heavy atom. The number of aliphatic hydroxyl groups is 3. The first kappa shape index (κ1) is 14.1. The standard InChI is InChI=1S/C9H23NO3Si/c1-14(2,3)9(8-13)10(4-6-11)5-7-12/h9,11-13H,4-8H2,1-3H3. The fraction of sp³-hybridized carbons (Fsp3) is 1.00. The van der Waals surface area contributed by atoms with Crippen LogP contribution in [0.5, 0.6) is 0 Å². The normalized spacial score (nSPS) is 14.8. The second-order valence-corrected chi connectivity index (χ2v) is 9.95. The van der Waals surface area contributed by atoms with E-state index in [4.69, 9.17) is 10.2 Å². The minimum Gasteiger partial charge on any atom is -0.395 e. The molecule has 86 valence electrons. The summed E-state index contributed by atoms with van der Waals surface area (Å²) >= 11 is 0. The van der Waals surface area contributed by atoms with Gasteiger partial charge in [-0.1, -0.05) is 19.6 Å². The Balaban J connectivity index is 4.41. The van der Waals surface area contributed by atoms with E-state index >= 15 is 0 Å². The van der Waals surface area contributed by atoms with Crippen LogP contribution in [0.15, 0.2) is 0 Å². The molecule has 0 aromatic rings. The van der Waals surface area contributed by atoms with Gasteiger partial charge in [0.25, 0.3) is 0 Å². The van der Waals surface area contributed by atoms with Crippen molar-refractivity contribution in [3.63, 3.8) is 0 Å². The molecular formula is C9H23NO3Si. The zero-order chi connectivity index (χ0) is 11.2. The summed E-state index contributed by atoms with van der Waals surface area (Å²) in [4.78, 5) is 1.98. The summed E-state index contributed by atoms with van der Waals surface area (Å²) in [7, 11) is -1.47. The molecule has 0 aliphatic rings. The molecule has 0 rings (SSSR count). The van der Waals surface area contributed by atoms with Crippen LogP contribution in [0.4, 0.5) is 0 Å². The molecule has 4 nitrogen and oxygen atoms in total. The molecule has 1 atom stereocenters. The minimum absolute atomic E-state index is 0.0704. The van der Waals surface area contributed by atoms with Crippen LogP contribution in [0.1, 0.15) is 0 Å². The zero-order valence-corrected chi connectivity index (χ0v) is 10.4. The molecule has 0 saturated heterocycles. The van der Waals surface area contributed by atoms with E-state index in [2.05, 4.69) is 19.6 Å². The summed E-state index contributed by atoms with van der Waals surface area (Å²) in [6, 6.07) is 0. The Kier molecular flexibility index (Phi) is 6.55. The van der Waals surface area contributed by atoms with Crippen molar-refractivity contribution in [1.82, 2.24) is 4.90 Å². The van der Waals surface area contributed by atoms with Gasteiger partial charge in [0, 0.05) is 18.8 Å². The average molecular weight is 221 g/mol. The smallest absolute Gasteiger partial charge is 0.0668 e. The quantitative estimate of drug-likeness (QED) is 0.508. The number of hydrogen-bond acceptors (Lipinski definition) is 4. The molecule has 0 aliphatic carbocycles. The topological polar surface area (TPSA) is 63.9 Å². The summed E-state index contributed by atoms with van der Waals surface area (Å²) in [6.45, 7) is 7.82. The molecule has 0 radical (unpaired) electrons. The molecule has 0 fully saturated rings. The van der Waals surface area contributed by atoms with Crippen molar-refractivity contribution >= 4 is 8.07 Å². The number of aliphatic hydroxyl groups excluding tert-OH is 3. The third-order valence-corrected chi connectivity index (χ3v) is 4.93. The molecule has 14 heavy (non-hydrogen) atoms. The molecule has 5 heteroatoms. The Labute approximate surface area is 87.2 Å². The molecule has 0 saturated carbocycles. The summed E-state index contributed by atoms with van der Waals surface area (Å²) in [5, 5.41) is 27.1. The van der Waals surface area contributed by atoms with E-state index in [9.17, 15) is 5.11 Å². The van der Waals surface area contributed by atoms with Crippen LogP contribution in [0, 0.1) is 0 Å². The molecule has 0 aliphatic heterocycles. The van der Waals surface area contributed by atoms with E-state index in [-0.39, 0.29) is 25.5 Å². The van der Waals surface area contributed by atoms with Gasteiger partial charge in [-0.2, -0.15) is 0 Å². The van der Waals surface area contributed by atoms with Gasteiger partial charge in [0.05, 0.1) is 27.9 Å². The lowest BCUT2D eigenvalue weighted by atomic mass is 10.4. The summed E-state index contributed by atoms with van der Waals surface area (Å²) in [6.07, 6.45) is 0. The highest BCUT2D eigenvalue weighted by Gasteiger charge is 2.30. The third-order valence-electron chi connectivity index (χ3n) is 2.39. The minimum atomic E-state index is -1.47. The van der Waals surface area contributed by atoms with E-state index in [0.29, 0.717) is 13.1 Å². The first-order chi connectivity index (χ1) is 6.47. The van der Waals surface area contributed by atoms with Gasteiger partial charge in [0.1, 0.15) is 0 Å². The Morgan fingerprint density at radius 2 is 1.43 bits per heavy atom. The van der Waals surface area contributed by atoms with Gasteiger partial charge in [-0.15, -0.1) is 0 Å². The predicted octanol–water partition coefficient (Wildman–Crippen LogP) is -0.489. The molecule has 0 spiro atoms. The lowest BCUT2D eigenvalue weighted by molar-refractivity contribution is 0.115. The van der Waals surface area contributed by atoms with E-state index in [1.54, 1.807) is 0 Å². The maximum absolute atomic E-state index is 9.32. The van der Waals surface area contributed by atoms with Gasteiger partial charge < -0.3 is 15.3 Å². The first-order valence-electron chi connectivity index (χ1n) is 5.04. The molecular weight excluding hydrogens is 198 g/mol. The lowest BCUT2D eigenvalue weighted by Gasteiger charge is -2.37. The van der Waals surface area contributed by atoms with E-state index < -0.39 is 8.07 Å². The Morgan fingerprint density at radius 3 is 1.64 bits per heavy atom. The highest BCUT2D eigenvalue weighted by Crippen LogP contribution is 2.13. The van der Waals surface area contributed by atoms with Crippen LogP contribution in [-0.2, 0) is 0 Å². The molecule has 0 amide bonds. The Hall–Kier alpha value is 0.0569. The van der Waals surface area contributed by atoms with E-state index in [1.807, 2.05) is 4.90 Å². The number of hydrogen-bond donors (Lipinski definition) is 3. The summed E-state index contributed by atoms with van der Waals surface area (Å²) < 4.78 is 0. The SMILES string of the molecule is C[Si](C)(C)C(CO)N(CCO)CCO. The van der Waals surface area contributed by atoms with Crippen LogP contribution in [0.2, 0.25) is 19.6 Å². The number of rotatable bonds is 7. The monoisotopic (exact) mass is 221 g/mol. The lowest BCUT2D eigenvalue weighted by Crippen LogP contribution is -2.54. The van der Waals surface area contributed by atoms with Crippen molar-refractivity contribution in [3.8, 4) is 0 Å².